The summed E-state index contributed by atoms with van der Waals surface area (Å²) >= 11 is 0. The molecule has 0 saturated heterocycles. The van der Waals surface area contributed by atoms with Crippen molar-refractivity contribution in [2.24, 2.45) is 27.2 Å². The van der Waals surface area contributed by atoms with Crippen LogP contribution in [0.5, 0.6) is 5.75 Å². The Labute approximate surface area is 115 Å². The number of ether oxygens (including phenoxy) is 1. The lowest BCUT2D eigenvalue weighted by molar-refractivity contribution is -0.125. The van der Waals surface area contributed by atoms with Gasteiger partial charge in [-0.2, -0.15) is 4.99 Å². The molecule has 1 aliphatic rings. The van der Waals surface area contributed by atoms with Gasteiger partial charge in [-0.15, -0.1) is 0 Å². The van der Waals surface area contributed by atoms with Crippen LogP contribution in [0.1, 0.15) is 6.92 Å². The molecule has 106 valence electrons. The van der Waals surface area contributed by atoms with Gasteiger partial charge in [0.25, 0.3) is 5.91 Å². The van der Waals surface area contributed by atoms with Crippen LogP contribution < -0.4 is 26.8 Å². The molecular weight excluding hydrogens is 260 g/mol. The second-order valence-corrected chi connectivity index (χ2v) is 4.32. The van der Waals surface area contributed by atoms with E-state index < -0.39 is 6.10 Å². The van der Waals surface area contributed by atoms with Crippen molar-refractivity contribution in [3.05, 3.63) is 18.2 Å². The molecule has 8 nitrogen and oxygen atoms in total. The lowest BCUT2D eigenvalue weighted by Crippen LogP contribution is -2.41. The molecule has 6 N–H and O–H groups in total. The lowest BCUT2D eigenvalue weighted by atomic mass is 10.2. The molecule has 20 heavy (non-hydrogen) atoms. The monoisotopic (exact) mass is 276 g/mol. The summed E-state index contributed by atoms with van der Waals surface area (Å²) in [5.41, 5.74) is 17.1. The van der Waals surface area contributed by atoms with E-state index in [0.29, 0.717) is 17.1 Å². The van der Waals surface area contributed by atoms with E-state index in [2.05, 4.69) is 9.98 Å². The van der Waals surface area contributed by atoms with Crippen molar-refractivity contribution >= 4 is 29.2 Å². The largest absolute Gasteiger partial charge is 0.479 e. The van der Waals surface area contributed by atoms with Crippen LogP contribution in [0.2, 0.25) is 0 Å². The quantitative estimate of drug-likeness (QED) is 0.476. The van der Waals surface area contributed by atoms with Crippen LogP contribution in [0, 0.1) is 0 Å². The predicted molar refractivity (Wildman–Crippen MR) is 77.0 cm³/mol. The minimum Gasteiger partial charge on any atom is -0.479 e. The molecule has 1 unspecified atom stereocenters. The van der Waals surface area contributed by atoms with Crippen molar-refractivity contribution < 1.29 is 9.53 Å². The van der Waals surface area contributed by atoms with Crippen molar-refractivity contribution in [2.45, 2.75) is 13.0 Å². The highest BCUT2D eigenvalue weighted by atomic mass is 16.5. The van der Waals surface area contributed by atoms with Crippen molar-refractivity contribution in [1.82, 2.24) is 0 Å². The molecule has 0 fully saturated rings. The Morgan fingerprint density at radius 1 is 1.35 bits per heavy atom. The first-order valence-corrected chi connectivity index (χ1v) is 5.90. The lowest BCUT2D eigenvalue weighted by Gasteiger charge is -2.30. The van der Waals surface area contributed by atoms with E-state index in [1.54, 1.807) is 32.2 Å². The number of likely N-dealkylation sites (N-methyl/N-ethyl adjacent to an activating group) is 1. The first kappa shape index (κ1) is 13.7. The summed E-state index contributed by atoms with van der Waals surface area (Å²) in [6.45, 7) is 1.70. The Bertz CT molecular complexity index is 606. The number of carbonyl (C=O) groups is 1. The average molecular weight is 276 g/mol. The molecule has 1 heterocycles. The third kappa shape index (κ3) is 2.63. The van der Waals surface area contributed by atoms with Crippen LogP contribution in [0.25, 0.3) is 0 Å². The van der Waals surface area contributed by atoms with Gasteiger partial charge in [-0.1, -0.05) is 0 Å². The zero-order valence-corrected chi connectivity index (χ0v) is 11.2. The molecule has 1 atom stereocenters. The molecule has 1 amide bonds. The average Bonchev–Trinajstić information content (AvgIpc) is 2.36. The Balaban J connectivity index is 2.38. The molecule has 0 aromatic heterocycles. The van der Waals surface area contributed by atoms with Crippen LogP contribution in [0.4, 0.5) is 11.4 Å². The number of hydrogen-bond donors (Lipinski definition) is 3. The van der Waals surface area contributed by atoms with Crippen molar-refractivity contribution in [3.8, 4) is 5.75 Å². The Morgan fingerprint density at radius 3 is 2.70 bits per heavy atom. The molecule has 0 spiro atoms. The first-order valence-electron chi connectivity index (χ1n) is 5.90. The van der Waals surface area contributed by atoms with E-state index in [-0.39, 0.29) is 17.8 Å². The standard InChI is InChI=1S/C12H16N6O2/c1-6-10(19)18(2)8-5-7(3-4-9(8)20-6)16-12(15)17-11(13)14/h3-6H,1-2H3,(H6,13,14,15,16,17). The number of nitrogens with two attached hydrogens (primary N) is 3. The van der Waals surface area contributed by atoms with E-state index in [1.807, 2.05) is 0 Å². The second kappa shape index (κ2) is 5.08. The highest BCUT2D eigenvalue weighted by molar-refractivity contribution is 6.00. The van der Waals surface area contributed by atoms with Gasteiger partial charge in [0.1, 0.15) is 5.75 Å². The molecular formula is C12H16N6O2. The molecule has 0 aliphatic carbocycles. The number of aliphatic imine (C=N–C) groups is 2. The number of carbonyl (C=O) groups excluding carboxylic acids is 1. The minimum atomic E-state index is -0.506. The van der Waals surface area contributed by atoms with Gasteiger partial charge in [0, 0.05) is 7.05 Å². The SMILES string of the molecule is CC1Oc2ccc(N=C(N)N=C(N)N)cc2N(C)C1=O. The van der Waals surface area contributed by atoms with Crippen LogP contribution >= 0.6 is 0 Å². The fraction of sp³-hybridized carbons (Fsp3) is 0.250. The maximum atomic E-state index is 11.9. The third-order valence-electron chi connectivity index (χ3n) is 2.77. The van der Waals surface area contributed by atoms with Gasteiger partial charge in [0.05, 0.1) is 11.4 Å². The summed E-state index contributed by atoms with van der Waals surface area (Å²) in [4.78, 5) is 21.0. The molecule has 1 aromatic rings. The number of guanidine groups is 2. The van der Waals surface area contributed by atoms with Crippen LogP contribution in [-0.2, 0) is 4.79 Å². The number of nitrogens with zero attached hydrogens (tertiary/aromatic N) is 3. The van der Waals surface area contributed by atoms with Gasteiger partial charge < -0.3 is 26.8 Å². The Kier molecular flexibility index (Phi) is 3.47. The molecule has 1 aliphatic heterocycles. The zero-order valence-electron chi connectivity index (χ0n) is 11.2. The summed E-state index contributed by atoms with van der Waals surface area (Å²) in [5.74, 6) is 0.243. The van der Waals surface area contributed by atoms with Crippen molar-refractivity contribution in [2.75, 3.05) is 11.9 Å². The predicted octanol–water partition coefficient (Wildman–Crippen LogP) is -0.350. The van der Waals surface area contributed by atoms with E-state index >= 15 is 0 Å². The fourth-order valence-corrected chi connectivity index (χ4v) is 1.86. The van der Waals surface area contributed by atoms with Gasteiger partial charge in [0.15, 0.2) is 12.1 Å². The van der Waals surface area contributed by atoms with Gasteiger partial charge >= 0.3 is 0 Å². The smallest absolute Gasteiger partial charge is 0.267 e. The number of rotatable bonds is 1. The van der Waals surface area contributed by atoms with Crippen LogP contribution in [0.15, 0.2) is 28.2 Å². The highest BCUT2D eigenvalue weighted by Gasteiger charge is 2.28. The second-order valence-electron chi connectivity index (χ2n) is 4.32. The van der Waals surface area contributed by atoms with E-state index in [4.69, 9.17) is 21.9 Å². The molecule has 2 rings (SSSR count). The number of benzene rings is 1. The van der Waals surface area contributed by atoms with Crippen molar-refractivity contribution in [1.29, 1.82) is 0 Å². The summed E-state index contributed by atoms with van der Waals surface area (Å²) < 4.78 is 5.50. The molecule has 0 bridgehead atoms. The zero-order chi connectivity index (χ0) is 14.9. The summed E-state index contributed by atoms with van der Waals surface area (Å²) in [5, 5.41) is 0. The molecule has 8 heteroatoms. The molecule has 0 saturated carbocycles. The molecule has 0 radical (unpaired) electrons. The fourth-order valence-electron chi connectivity index (χ4n) is 1.86. The van der Waals surface area contributed by atoms with Crippen LogP contribution in [0.3, 0.4) is 0 Å². The van der Waals surface area contributed by atoms with Gasteiger partial charge in [-0.3, -0.25) is 4.79 Å². The Hall–Kier alpha value is -2.77. The van der Waals surface area contributed by atoms with E-state index in [1.165, 1.54) is 4.90 Å². The summed E-state index contributed by atoms with van der Waals surface area (Å²) in [6.07, 6.45) is -0.506. The highest BCUT2D eigenvalue weighted by Crippen LogP contribution is 2.36. The van der Waals surface area contributed by atoms with E-state index in [9.17, 15) is 4.79 Å². The van der Waals surface area contributed by atoms with E-state index in [0.717, 1.165) is 0 Å². The van der Waals surface area contributed by atoms with Gasteiger partial charge in [-0.25, -0.2) is 4.99 Å². The number of anilines is 1. The van der Waals surface area contributed by atoms with Crippen molar-refractivity contribution in [3.63, 3.8) is 0 Å². The minimum absolute atomic E-state index is 0.0657. The maximum Gasteiger partial charge on any atom is 0.267 e. The Morgan fingerprint density at radius 2 is 2.05 bits per heavy atom. The van der Waals surface area contributed by atoms with Crippen LogP contribution in [-0.4, -0.2) is 31.0 Å². The topological polar surface area (TPSA) is 132 Å². The number of amides is 1. The number of fused-ring (bicyclic) bond motifs is 1. The third-order valence-corrected chi connectivity index (χ3v) is 2.77. The summed E-state index contributed by atoms with van der Waals surface area (Å²) in [6, 6.07) is 5.09. The number of hydrogen-bond acceptors (Lipinski definition) is 3. The van der Waals surface area contributed by atoms with Gasteiger partial charge in [0.2, 0.25) is 5.96 Å². The molecule has 1 aromatic carbocycles. The normalized spacial score (nSPS) is 18.3. The maximum absolute atomic E-state index is 11.9. The summed E-state index contributed by atoms with van der Waals surface area (Å²) in [7, 11) is 1.67. The first-order chi connectivity index (χ1) is 9.38. The van der Waals surface area contributed by atoms with Gasteiger partial charge in [-0.05, 0) is 25.1 Å².